The molecule has 0 atom stereocenters. The molecule has 6 N–H and O–H groups in total. The quantitative estimate of drug-likeness (QED) is 0.0327. The van der Waals surface area contributed by atoms with E-state index in [0.29, 0.717) is 25.9 Å². The van der Waals surface area contributed by atoms with Crippen LogP contribution in [0.1, 0.15) is 83.2 Å². The van der Waals surface area contributed by atoms with Gasteiger partial charge in [-0.25, -0.2) is 0 Å². The Labute approximate surface area is 402 Å². The van der Waals surface area contributed by atoms with Crippen LogP contribution in [0.4, 0.5) is 0 Å². The van der Waals surface area contributed by atoms with E-state index in [1.165, 1.54) is 16.7 Å². The first-order valence-electron chi connectivity index (χ1n) is 23.2. The van der Waals surface area contributed by atoms with Gasteiger partial charge in [0.25, 0.3) is 0 Å². The summed E-state index contributed by atoms with van der Waals surface area (Å²) < 4.78 is 97.1. The van der Waals surface area contributed by atoms with Crippen LogP contribution in [0.2, 0.25) is 13.6 Å². The SMILES string of the molecule is CB(O)NCCc1ccc(C)c(C)c1.CCOP(=O)(OCC)c1ccc(CCN)cc1P(=O)(OCC)OCC.CCOP(=O)(OCC)c1ccc(CCNB(C)O)cc1P(=O)(OCC)OCC. The van der Waals surface area contributed by atoms with E-state index >= 15 is 0 Å². The van der Waals surface area contributed by atoms with Gasteiger partial charge in [0.15, 0.2) is 0 Å². The Morgan fingerprint density at radius 1 is 0.448 bits per heavy atom. The van der Waals surface area contributed by atoms with Crippen molar-refractivity contribution in [2.75, 3.05) is 72.5 Å². The molecular formula is C44H79B2N3O14P4. The minimum absolute atomic E-state index is 0.165. The number of aryl methyl sites for hydroxylation is 2. The molecule has 0 amide bonds. The van der Waals surface area contributed by atoms with Gasteiger partial charge in [-0.15, -0.1) is 0 Å². The Hall–Kier alpha value is -1.81. The summed E-state index contributed by atoms with van der Waals surface area (Å²) in [6.45, 7) is 24.5. The number of nitrogens with two attached hydrogens (primary N) is 1. The molecule has 0 saturated carbocycles. The van der Waals surface area contributed by atoms with Gasteiger partial charge in [0.2, 0.25) is 0 Å². The Balaban J connectivity index is 0.000000528. The van der Waals surface area contributed by atoms with E-state index in [9.17, 15) is 23.3 Å². The van der Waals surface area contributed by atoms with Crippen LogP contribution < -0.4 is 37.4 Å². The molecule has 0 aliphatic carbocycles. The van der Waals surface area contributed by atoms with Crippen LogP contribution >= 0.6 is 30.4 Å². The lowest BCUT2D eigenvalue weighted by atomic mass is 9.88. The minimum atomic E-state index is -3.73. The molecule has 67 heavy (non-hydrogen) atoms. The molecule has 0 aliphatic heterocycles. The standard InChI is InChI=1S/C17H32BNO7P2.C16H29NO6P2.C11H18BNO/c1-6-23-27(21,24-7-2)16-11-10-15(12-13-19-18(5)20)14-17(16)28(22,25-8-3)26-9-4;1-5-20-24(18,21-6-2)15-10-9-14(11-12-17)13-16(15)25(19,22-7-3)23-8-4;1-9-4-5-11(8-10(9)2)6-7-13-12(3)14/h10-11,14,19-20H,6-9,12-13H2,1-5H3;9-10,13H,5-8,11-12,17H2,1-4H3;4-5,8,13-14H,6-7H2,1-3H3. The minimum Gasteiger partial charge on any atom is -0.437 e. The summed E-state index contributed by atoms with van der Waals surface area (Å²) in [6, 6.07) is 16.6. The summed E-state index contributed by atoms with van der Waals surface area (Å²) in [7, 11) is -15.8. The monoisotopic (exact) mass is 1020 g/mol. The first-order valence-corrected chi connectivity index (χ1v) is 29.4. The van der Waals surface area contributed by atoms with Crippen molar-refractivity contribution in [1.82, 2.24) is 10.5 Å². The van der Waals surface area contributed by atoms with Gasteiger partial charge >= 0.3 is 44.5 Å². The van der Waals surface area contributed by atoms with Crippen molar-refractivity contribution in [3.05, 3.63) is 82.4 Å². The van der Waals surface area contributed by atoms with Crippen molar-refractivity contribution in [2.45, 2.75) is 102 Å². The lowest BCUT2D eigenvalue weighted by Crippen LogP contribution is -2.33. The molecule has 0 fully saturated rings. The van der Waals surface area contributed by atoms with E-state index in [2.05, 4.69) is 42.5 Å². The summed E-state index contributed by atoms with van der Waals surface area (Å²) >= 11 is 0. The molecule has 0 heterocycles. The molecule has 380 valence electrons. The maximum Gasteiger partial charge on any atom is 0.373 e. The number of hydrogen-bond donors (Lipinski definition) is 5. The Morgan fingerprint density at radius 2 is 0.731 bits per heavy atom. The molecule has 0 spiro atoms. The zero-order chi connectivity index (χ0) is 50.7. The molecule has 23 heteroatoms. The Kier molecular flexibility index (Phi) is 31.1. The first-order chi connectivity index (χ1) is 31.8. The molecule has 0 aromatic heterocycles. The van der Waals surface area contributed by atoms with E-state index in [-0.39, 0.29) is 74.1 Å². The summed E-state index contributed by atoms with van der Waals surface area (Å²) in [5.74, 6) is 0. The Bertz CT molecular complexity index is 2050. The van der Waals surface area contributed by atoms with Crippen molar-refractivity contribution in [2.24, 2.45) is 5.73 Å². The predicted octanol–water partition coefficient (Wildman–Crippen LogP) is 7.23. The third-order valence-electron chi connectivity index (χ3n) is 9.36. The highest BCUT2D eigenvalue weighted by Crippen LogP contribution is 2.54. The van der Waals surface area contributed by atoms with Crippen LogP contribution in [-0.4, -0.2) is 96.6 Å². The Morgan fingerprint density at radius 3 is 1.01 bits per heavy atom. The highest BCUT2D eigenvalue weighted by Gasteiger charge is 2.40. The van der Waals surface area contributed by atoms with Gasteiger partial charge in [0.05, 0.1) is 74.1 Å². The molecule has 3 aromatic carbocycles. The van der Waals surface area contributed by atoms with Gasteiger partial charge < -0.3 is 62.4 Å². The second kappa shape index (κ2) is 33.0. The van der Waals surface area contributed by atoms with Gasteiger partial charge in [-0.1, -0.05) is 30.3 Å². The lowest BCUT2D eigenvalue weighted by Gasteiger charge is -2.24. The van der Waals surface area contributed by atoms with Crippen LogP contribution in [0.5, 0.6) is 0 Å². The number of rotatable bonds is 30. The van der Waals surface area contributed by atoms with Crippen LogP contribution in [-0.2, 0) is 73.7 Å². The normalized spacial score (nSPS) is 12.0. The molecule has 0 bridgehead atoms. The average Bonchev–Trinajstić information content (AvgIpc) is 3.26. The van der Waals surface area contributed by atoms with Crippen molar-refractivity contribution in [3.63, 3.8) is 0 Å². The summed E-state index contributed by atoms with van der Waals surface area (Å²) in [5.41, 5.74) is 11.3. The summed E-state index contributed by atoms with van der Waals surface area (Å²) in [5, 5.41) is 25.1. The van der Waals surface area contributed by atoms with E-state index in [0.717, 1.165) is 24.1 Å². The van der Waals surface area contributed by atoms with Crippen molar-refractivity contribution >= 4 is 65.7 Å². The van der Waals surface area contributed by atoms with E-state index in [4.69, 9.17) is 46.9 Å². The third kappa shape index (κ3) is 21.2. The average molecular weight is 1020 g/mol. The number of nitrogens with one attached hydrogen (secondary N) is 2. The van der Waals surface area contributed by atoms with Crippen LogP contribution in [0.3, 0.4) is 0 Å². The second-order valence-electron chi connectivity index (χ2n) is 14.7. The van der Waals surface area contributed by atoms with Gasteiger partial charge in [-0.2, -0.15) is 0 Å². The zero-order valence-electron chi connectivity index (χ0n) is 41.9. The smallest absolute Gasteiger partial charge is 0.373 e. The second-order valence-corrected chi connectivity index (χ2v) is 22.7. The zero-order valence-corrected chi connectivity index (χ0v) is 45.5. The fraction of sp³-hybridized carbons (Fsp3) is 0.591. The van der Waals surface area contributed by atoms with Crippen molar-refractivity contribution in [3.8, 4) is 0 Å². The third-order valence-corrected chi connectivity index (χ3v) is 18.4. The largest absolute Gasteiger partial charge is 0.437 e. The van der Waals surface area contributed by atoms with Gasteiger partial charge in [0.1, 0.15) is 0 Å². The molecule has 0 radical (unpaired) electrons. The predicted molar refractivity (Wildman–Crippen MR) is 275 cm³/mol. The molecule has 17 nitrogen and oxygen atoms in total. The van der Waals surface area contributed by atoms with Gasteiger partial charge in [-0.3, -0.25) is 18.3 Å². The van der Waals surface area contributed by atoms with Gasteiger partial charge in [0, 0.05) is 0 Å². The molecule has 0 saturated heterocycles. The van der Waals surface area contributed by atoms with Gasteiger partial charge in [-0.05, 0) is 174 Å². The molecular weight excluding hydrogens is 940 g/mol. The maximum absolute atomic E-state index is 13.5. The highest BCUT2D eigenvalue weighted by atomic mass is 31.2. The van der Waals surface area contributed by atoms with E-state index < -0.39 is 44.5 Å². The summed E-state index contributed by atoms with van der Waals surface area (Å²) in [4.78, 5) is 0. The van der Waals surface area contributed by atoms with Crippen molar-refractivity contribution < 1.29 is 64.5 Å². The van der Waals surface area contributed by atoms with E-state index in [1.54, 1.807) is 105 Å². The van der Waals surface area contributed by atoms with Crippen LogP contribution in [0.25, 0.3) is 0 Å². The van der Waals surface area contributed by atoms with Crippen LogP contribution in [0.15, 0.2) is 54.6 Å². The summed E-state index contributed by atoms with van der Waals surface area (Å²) in [6.07, 6.45) is 2.11. The fourth-order valence-electron chi connectivity index (χ4n) is 6.39. The molecule has 3 rings (SSSR count). The molecule has 3 aromatic rings. The fourth-order valence-corrected chi connectivity index (χ4v) is 14.6. The lowest BCUT2D eigenvalue weighted by molar-refractivity contribution is 0.226. The van der Waals surface area contributed by atoms with Crippen LogP contribution in [0, 0.1) is 13.8 Å². The topological polar surface area (TPSA) is 233 Å². The molecule has 0 aliphatic rings. The number of hydrogen-bond acceptors (Lipinski definition) is 17. The van der Waals surface area contributed by atoms with E-state index in [1.807, 2.05) is 0 Å². The highest BCUT2D eigenvalue weighted by molar-refractivity contribution is 7.69. The molecule has 0 unspecified atom stereocenters. The number of benzene rings is 3. The maximum atomic E-state index is 13.5. The first kappa shape index (κ1) is 63.2. The van der Waals surface area contributed by atoms with Crippen molar-refractivity contribution in [1.29, 1.82) is 0 Å².